The van der Waals surface area contributed by atoms with E-state index in [9.17, 15) is 0 Å². The van der Waals surface area contributed by atoms with Gasteiger partial charge in [0.05, 0.1) is 0 Å². The fraction of sp³-hybridized carbons (Fsp3) is 0.647. The number of hydrogen-bond donors (Lipinski definition) is 0. The van der Waals surface area contributed by atoms with Crippen LogP contribution >= 0.6 is 0 Å². The Labute approximate surface area is 106 Å². The molecule has 0 aliphatic heterocycles. The topological polar surface area (TPSA) is 0 Å². The summed E-state index contributed by atoms with van der Waals surface area (Å²) in [6.45, 7) is 9.44. The van der Waals surface area contributed by atoms with Gasteiger partial charge in [0.15, 0.2) is 0 Å². The van der Waals surface area contributed by atoms with Crippen LogP contribution in [0.3, 0.4) is 0 Å². The van der Waals surface area contributed by atoms with E-state index in [0.717, 1.165) is 11.8 Å². The molecule has 0 heterocycles. The molecule has 1 aromatic carbocycles. The highest BCUT2D eigenvalue weighted by Crippen LogP contribution is 2.43. The highest BCUT2D eigenvalue weighted by Gasteiger charge is 2.30. The van der Waals surface area contributed by atoms with Gasteiger partial charge in [0.2, 0.25) is 0 Å². The first-order chi connectivity index (χ1) is 7.98. The van der Waals surface area contributed by atoms with E-state index in [1.54, 1.807) is 5.56 Å². The predicted octanol–water partition coefficient (Wildman–Crippen LogP) is 5.31. The van der Waals surface area contributed by atoms with Crippen molar-refractivity contribution in [1.29, 1.82) is 0 Å². The van der Waals surface area contributed by atoms with Crippen LogP contribution < -0.4 is 0 Å². The van der Waals surface area contributed by atoms with E-state index in [4.69, 9.17) is 0 Å². The fourth-order valence-electron chi connectivity index (χ4n) is 3.32. The third kappa shape index (κ3) is 2.91. The molecular formula is C17H26. The highest BCUT2D eigenvalue weighted by molar-refractivity contribution is 5.29. The summed E-state index contributed by atoms with van der Waals surface area (Å²) in [5, 5.41) is 0. The summed E-state index contributed by atoms with van der Waals surface area (Å²) >= 11 is 0. The van der Waals surface area contributed by atoms with Crippen LogP contribution in [0.15, 0.2) is 24.3 Å². The summed E-state index contributed by atoms with van der Waals surface area (Å²) in [5.41, 5.74) is 3.57. The van der Waals surface area contributed by atoms with Crippen molar-refractivity contribution < 1.29 is 0 Å². The zero-order valence-corrected chi connectivity index (χ0v) is 11.8. The minimum absolute atomic E-state index is 0.497. The molecule has 1 aliphatic rings. The largest absolute Gasteiger partial charge is 0.0620 e. The maximum atomic E-state index is 2.39. The molecule has 0 N–H and O–H groups in total. The van der Waals surface area contributed by atoms with Crippen LogP contribution in [-0.2, 0) is 0 Å². The van der Waals surface area contributed by atoms with E-state index in [0.29, 0.717) is 5.41 Å². The lowest BCUT2D eigenvalue weighted by Gasteiger charge is -2.37. The third-order valence-corrected chi connectivity index (χ3v) is 4.58. The lowest BCUT2D eigenvalue weighted by molar-refractivity contribution is 0.169. The Bertz CT molecular complexity index is 362. The maximum Gasteiger partial charge on any atom is -0.0159 e. The van der Waals surface area contributed by atoms with E-state index in [-0.39, 0.29) is 0 Å². The second kappa shape index (κ2) is 4.84. The smallest absolute Gasteiger partial charge is 0.0159 e. The zero-order valence-electron chi connectivity index (χ0n) is 11.8. The van der Waals surface area contributed by atoms with Gasteiger partial charge in [0.25, 0.3) is 0 Å². The first-order valence-electron chi connectivity index (χ1n) is 7.04. The van der Waals surface area contributed by atoms with Gasteiger partial charge in [0, 0.05) is 0 Å². The first kappa shape index (κ1) is 12.7. The molecule has 0 saturated heterocycles. The van der Waals surface area contributed by atoms with Gasteiger partial charge in [-0.15, -0.1) is 0 Å². The summed E-state index contributed by atoms with van der Waals surface area (Å²) in [5.74, 6) is 1.73. The van der Waals surface area contributed by atoms with E-state index in [2.05, 4.69) is 52.0 Å². The average molecular weight is 230 g/mol. The Balaban J connectivity index is 2.03. The monoisotopic (exact) mass is 230 g/mol. The maximum absolute atomic E-state index is 2.39. The van der Waals surface area contributed by atoms with Gasteiger partial charge in [-0.25, -0.2) is 0 Å². The Hall–Kier alpha value is -0.780. The van der Waals surface area contributed by atoms with Crippen LogP contribution in [0.4, 0.5) is 0 Å². The van der Waals surface area contributed by atoms with Gasteiger partial charge in [-0.05, 0) is 61.0 Å². The lowest BCUT2D eigenvalue weighted by atomic mass is 9.68. The molecule has 0 spiro atoms. The molecule has 0 unspecified atom stereocenters. The van der Waals surface area contributed by atoms with Crippen LogP contribution in [0, 0.1) is 18.3 Å². The van der Waals surface area contributed by atoms with Crippen LogP contribution in [-0.4, -0.2) is 0 Å². The lowest BCUT2D eigenvalue weighted by Crippen LogP contribution is -2.25. The van der Waals surface area contributed by atoms with Crippen molar-refractivity contribution in [3.05, 3.63) is 35.4 Å². The van der Waals surface area contributed by atoms with Crippen molar-refractivity contribution in [2.75, 3.05) is 0 Å². The summed E-state index contributed by atoms with van der Waals surface area (Å²) < 4.78 is 0. The summed E-state index contributed by atoms with van der Waals surface area (Å²) in [6, 6.07) is 8.93. The molecule has 0 amide bonds. The van der Waals surface area contributed by atoms with Gasteiger partial charge in [-0.1, -0.05) is 45.0 Å². The van der Waals surface area contributed by atoms with Crippen molar-refractivity contribution in [2.45, 2.75) is 59.3 Å². The first-order valence-corrected chi connectivity index (χ1v) is 7.04. The molecule has 0 nitrogen and oxygen atoms in total. The fourth-order valence-corrected chi connectivity index (χ4v) is 3.32. The SMILES string of the molecule is Cc1ccccc1C1CCC(C(C)(C)C)CC1. The number of rotatable bonds is 1. The van der Waals surface area contributed by atoms with Crippen molar-refractivity contribution in [1.82, 2.24) is 0 Å². The predicted molar refractivity (Wildman–Crippen MR) is 75.3 cm³/mol. The molecule has 0 bridgehead atoms. The summed E-state index contributed by atoms with van der Waals surface area (Å²) in [4.78, 5) is 0. The van der Waals surface area contributed by atoms with Crippen LogP contribution in [0.2, 0.25) is 0 Å². The molecule has 94 valence electrons. The normalized spacial score (nSPS) is 25.9. The van der Waals surface area contributed by atoms with Crippen molar-refractivity contribution >= 4 is 0 Å². The second-order valence-electron chi connectivity index (χ2n) is 6.77. The van der Waals surface area contributed by atoms with Gasteiger partial charge in [-0.3, -0.25) is 0 Å². The molecule has 1 saturated carbocycles. The summed E-state index contributed by atoms with van der Waals surface area (Å²) in [7, 11) is 0. The molecule has 0 radical (unpaired) electrons. The van der Waals surface area contributed by atoms with Gasteiger partial charge in [-0.2, -0.15) is 0 Å². The third-order valence-electron chi connectivity index (χ3n) is 4.58. The average Bonchev–Trinajstić information content (AvgIpc) is 2.29. The number of benzene rings is 1. The van der Waals surface area contributed by atoms with Crippen molar-refractivity contribution in [2.24, 2.45) is 11.3 Å². The van der Waals surface area contributed by atoms with Gasteiger partial charge >= 0.3 is 0 Å². The molecule has 1 aliphatic carbocycles. The van der Waals surface area contributed by atoms with Crippen LogP contribution in [0.1, 0.15) is 63.5 Å². The van der Waals surface area contributed by atoms with Crippen molar-refractivity contribution in [3.63, 3.8) is 0 Å². The molecule has 1 fully saturated rings. The molecule has 1 aromatic rings. The number of hydrogen-bond acceptors (Lipinski definition) is 0. The Morgan fingerprint density at radius 3 is 2.06 bits per heavy atom. The summed E-state index contributed by atoms with van der Waals surface area (Å²) in [6.07, 6.45) is 5.57. The van der Waals surface area contributed by atoms with Gasteiger partial charge < -0.3 is 0 Å². The Morgan fingerprint density at radius 1 is 0.941 bits per heavy atom. The second-order valence-corrected chi connectivity index (χ2v) is 6.77. The molecule has 0 heteroatoms. The van der Waals surface area contributed by atoms with E-state index in [1.807, 2.05) is 0 Å². The molecule has 17 heavy (non-hydrogen) atoms. The quantitative estimate of drug-likeness (QED) is 0.613. The van der Waals surface area contributed by atoms with E-state index >= 15 is 0 Å². The molecule has 0 atom stereocenters. The van der Waals surface area contributed by atoms with E-state index < -0.39 is 0 Å². The van der Waals surface area contributed by atoms with E-state index in [1.165, 1.54) is 31.2 Å². The van der Waals surface area contributed by atoms with Crippen LogP contribution in [0.5, 0.6) is 0 Å². The Morgan fingerprint density at radius 2 is 1.53 bits per heavy atom. The number of aryl methyl sites for hydroxylation is 1. The standard InChI is InChI=1S/C17H26/c1-13-7-5-6-8-16(13)14-9-11-15(12-10-14)17(2,3)4/h5-8,14-15H,9-12H2,1-4H3. The van der Waals surface area contributed by atoms with Crippen LogP contribution in [0.25, 0.3) is 0 Å². The zero-order chi connectivity index (χ0) is 12.5. The van der Waals surface area contributed by atoms with Gasteiger partial charge in [0.1, 0.15) is 0 Å². The molecule has 0 aromatic heterocycles. The molecule has 2 rings (SSSR count). The highest BCUT2D eigenvalue weighted by atomic mass is 14.4. The Kier molecular flexibility index (Phi) is 3.61. The minimum Gasteiger partial charge on any atom is -0.0620 e. The minimum atomic E-state index is 0.497. The molecular weight excluding hydrogens is 204 g/mol. The van der Waals surface area contributed by atoms with Crippen molar-refractivity contribution in [3.8, 4) is 0 Å².